The second-order valence-electron chi connectivity index (χ2n) is 4.81. The molecule has 0 radical (unpaired) electrons. The van der Waals surface area contributed by atoms with E-state index in [4.69, 9.17) is 4.74 Å². The number of rotatable bonds is 2. The third kappa shape index (κ3) is 2.38. The zero-order valence-corrected chi connectivity index (χ0v) is 11.8. The first-order valence-electron chi connectivity index (χ1n) is 6.65. The number of carbonyl (C=O) groups is 1. The van der Waals surface area contributed by atoms with Gasteiger partial charge in [0.15, 0.2) is 0 Å². The second kappa shape index (κ2) is 5.31. The fraction of sp³-hybridized carbons (Fsp3) is 0.400. The average Bonchev–Trinajstić information content (AvgIpc) is 2.93. The van der Waals surface area contributed by atoms with E-state index in [1.54, 1.807) is 11.3 Å². The van der Waals surface area contributed by atoms with Crippen LogP contribution >= 0.6 is 11.3 Å². The van der Waals surface area contributed by atoms with E-state index in [-0.39, 0.29) is 11.9 Å². The smallest absolute Gasteiger partial charge is 0.254 e. The van der Waals surface area contributed by atoms with Crippen LogP contribution in [-0.2, 0) is 4.74 Å². The Morgan fingerprint density at radius 3 is 3.21 bits per heavy atom. The molecule has 0 spiro atoms. The van der Waals surface area contributed by atoms with E-state index < -0.39 is 0 Å². The Morgan fingerprint density at radius 2 is 2.37 bits per heavy atom. The molecule has 0 saturated carbocycles. The second-order valence-corrected chi connectivity index (χ2v) is 5.76. The largest absolute Gasteiger partial charge is 0.377 e. The lowest BCUT2D eigenvalue weighted by Crippen LogP contribution is -2.48. The molecule has 0 unspecified atom stereocenters. The third-order valence-electron chi connectivity index (χ3n) is 3.66. The summed E-state index contributed by atoms with van der Waals surface area (Å²) in [6.45, 7) is 4.09. The van der Waals surface area contributed by atoms with Gasteiger partial charge in [0.05, 0.1) is 19.3 Å². The summed E-state index contributed by atoms with van der Waals surface area (Å²) in [5.74, 6) is 0.128. The Labute approximate surface area is 116 Å². The molecule has 1 atom stereocenters. The molecule has 1 amide bonds. The molecule has 3 nitrogen and oxygen atoms in total. The molecule has 3 rings (SSSR count). The molecule has 1 aliphatic heterocycles. The van der Waals surface area contributed by atoms with E-state index in [9.17, 15) is 4.79 Å². The highest BCUT2D eigenvalue weighted by Crippen LogP contribution is 2.23. The molecule has 19 heavy (non-hydrogen) atoms. The van der Waals surface area contributed by atoms with Gasteiger partial charge in [-0.1, -0.05) is 6.92 Å². The monoisotopic (exact) mass is 275 g/mol. The number of nitrogens with zero attached hydrogens (tertiary/aromatic N) is 1. The number of benzene rings is 1. The molecule has 1 saturated heterocycles. The molecule has 1 aromatic carbocycles. The number of fused-ring (bicyclic) bond motifs is 1. The van der Waals surface area contributed by atoms with Crippen LogP contribution in [0, 0.1) is 0 Å². The highest BCUT2D eigenvalue weighted by atomic mass is 32.1. The van der Waals surface area contributed by atoms with Gasteiger partial charge in [0, 0.05) is 16.8 Å². The quantitative estimate of drug-likeness (QED) is 0.842. The average molecular weight is 275 g/mol. The SMILES string of the molecule is CC[C@H]1COCCN1C(=O)c1ccc2sccc2c1. The first-order chi connectivity index (χ1) is 9.29. The van der Waals surface area contributed by atoms with Gasteiger partial charge < -0.3 is 9.64 Å². The summed E-state index contributed by atoms with van der Waals surface area (Å²) < 4.78 is 6.68. The molecule has 2 aromatic rings. The number of carbonyl (C=O) groups excluding carboxylic acids is 1. The van der Waals surface area contributed by atoms with Crippen molar-refractivity contribution in [2.75, 3.05) is 19.8 Å². The third-order valence-corrected chi connectivity index (χ3v) is 4.56. The van der Waals surface area contributed by atoms with E-state index in [0.29, 0.717) is 19.8 Å². The maximum atomic E-state index is 12.6. The molecule has 0 N–H and O–H groups in total. The van der Waals surface area contributed by atoms with Crippen molar-refractivity contribution >= 4 is 27.3 Å². The number of hydrogen-bond acceptors (Lipinski definition) is 3. The number of morpholine rings is 1. The molecule has 4 heteroatoms. The van der Waals surface area contributed by atoms with Crippen molar-refractivity contribution in [3.63, 3.8) is 0 Å². The zero-order chi connectivity index (χ0) is 13.2. The van der Waals surface area contributed by atoms with Gasteiger partial charge in [0.25, 0.3) is 5.91 Å². The van der Waals surface area contributed by atoms with Crippen LogP contribution in [0.1, 0.15) is 23.7 Å². The summed E-state index contributed by atoms with van der Waals surface area (Å²) in [5, 5.41) is 3.21. The van der Waals surface area contributed by atoms with Gasteiger partial charge in [-0.15, -0.1) is 11.3 Å². The van der Waals surface area contributed by atoms with Gasteiger partial charge in [-0.2, -0.15) is 0 Å². The van der Waals surface area contributed by atoms with E-state index >= 15 is 0 Å². The summed E-state index contributed by atoms with van der Waals surface area (Å²) >= 11 is 1.70. The van der Waals surface area contributed by atoms with E-state index in [2.05, 4.69) is 18.4 Å². The first-order valence-corrected chi connectivity index (χ1v) is 7.53. The highest BCUT2D eigenvalue weighted by molar-refractivity contribution is 7.17. The van der Waals surface area contributed by atoms with Crippen molar-refractivity contribution in [3.8, 4) is 0 Å². The molecule has 1 fully saturated rings. The van der Waals surface area contributed by atoms with Gasteiger partial charge in [-0.3, -0.25) is 4.79 Å². The van der Waals surface area contributed by atoms with Crippen LogP contribution in [0.15, 0.2) is 29.6 Å². The van der Waals surface area contributed by atoms with Crippen LogP contribution in [0.3, 0.4) is 0 Å². The Hall–Kier alpha value is -1.39. The number of amides is 1. The van der Waals surface area contributed by atoms with E-state index in [0.717, 1.165) is 17.4 Å². The lowest BCUT2D eigenvalue weighted by Gasteiger charge is -2.35. The maximum absolute atomic E-state index is 12.6. The summed E-state index contributed by atoms with van der Waals surface area (Å²) in [7, 11) is 0. The van der Waals surface area contributed by atoms with Crippen molar-refractivity contribution in [1.82, 2.24) is 4.90 Å². The van der Waals surface area contributed by atoms with Gasteiger partial charge in [-0.05, 0) is 41.5 Å². The number of thiophene rings is 1. The van der Waals surface area contributed by atoms with Crippen molar-refractivity contribution in [1.29, 1.82) is 0 Å². The number of ether oxygens (including phenoxy) is 1. The fourth-order valence-electron chi connectivity index (χ4n) is 2.53. The standard InChI is InChI=1S/C15H17NO2S/c1-2-13-10-18-7-6-16(13)15(17)12-3-4-14-11(9-12)5-8-19-14/h3-5,8-9,13H,2,6-7,10H2,1H3/t13-/m0/s1. The van der Waals surface area contributed by atoms with Gasteiger partial charge in [0.2, 0.25) is 0 Å². The van der Waals surface area contributed by atoms with Crippen LogP contribution in [0.5, 0.6) is 0 Å². The van der Waals surface area contributed by atoms with Crippen LogP contribution in [0.4, 0.5) is 0 Å². The summed E-state index contributed by atoms with van der Waals surface area (Å²) in [5.41, 5.74) is 0.784. The highest BCUT2D eigenvalue weighted by Gasteiger charge is 2.26. The van der Waals surface area contributed by atoms with Crippen molar-refractivity contribution < 1.29 is 9.53 Å². The molecule has 1 aliphatic rings. The summed E-state index contributed by atoms with van der Waals surface area (Å²) in [6.07, 6.45) is 0.937. The summed E-state index contributed by atoms with van der Waals surface area (Å²) in [4.78, 5) is 14.6. The zero-order valence-electron chi connectivity index (χ0n) is 11.0. The Bertz CT molecular complexity index is 593. The molecular weight excluding hydrogens is 258 g/mol. The van der Waals surface area contributed by atoms with Crippen molar-refractivity contribution in [2.24, 2.45) is 0 Å². The normalized spacial score (nSPS) is 19.8. The minimum atomic E-state index is 0.128. The van der Waals surface area contributed by atoms with Crippen molar-refractivity contribution in [3.05, 3.63) is 35.2 Å². The van der Waals surface area contributed by atoms with Crippen LogP contribution in [0.2, 0.25) is 0 Å². The van der Waals surface area contributed by atoms with E-state index in [1.165, 1.54) is 4.70 Å². The van der Waals surface area contributed by atoms with Gasteiger partial charge >= 0.3 is 0 Å². The Morgan fingerprint density at radius 1 is 1.47 bits per heavy atom. The minimum Gasteiger partial charge on any atom is -0.377 e. The number of hydrogen-bond donors (Lipinski definition) is 0. The predicted molar refractivity (Wildman–Crippen MR) is 77.8 cm³/mol. The predicted octanol–water partition coefficient (Wildman–Crippen LogP) is 3.15. The van der Waals surface area contributed by atoms with Gasteiger partial charge in [-0.25, -0.2) is 0 Å². The molecule has 1 aromatic heterocycles. The molecule has 100 valence electrons. The fourth-order valence-corrected chi connectivity index (χ4v) is 3.30. The first kappa shape index (κ1) is 12.6. The summed E-state index contributed by atoms with van der Waals surface area (Å²) in [6, 6.07) is 8.24. The lowest BCUT2D eigenvalue weighted by molar-refractivity contribution is -0.00278. The lowest BCUT2D eigenvalue weighted by atomic mass is 10.1. The van der Waals surface area contributed by atoms with Gasteiger partial charge in [0.1, 0.15) is 0 Å². The minimum absolute atomic E-state index is 0.128. The van der Waals surface area contributed by atoms with Crippen LogP contribution in [0.25, 0.3) is 10.1 Å². The molecule has 0 bridgehead atoms. The Balaban J connectivity index is 1.89. The topological polar surface area (TPSA) is 29.5 Å². The van der Waals surface area contributed by atoms with Crippen molar-refractivity contribution in [2.45, 2.75) is 19.4 Å². The molecule has 0 aliphatic carbocycles. The Kier molecular flexibility index (Phi) is 3.53. The van der Waals surface area contributed by atoms with Crippen LogP contribution < -0.4 is 0 Å². The van der Waals surface area contributed by atoms with E-state index in [1.807, 2.05) is 23.1 Å². The van der Waals surface area contributed by atoms with Crippen LogP contribution in [-0.4, -0.2) is 36.6 Å². The molecular formula is C15H17NO2S. The maximum Gasteiger partial charge on any atom is 0.254 e. The molecule has 2 heterocycles.